The molecule has 0 radical (unpaired) electrons. The molecule has 2 aromatic heterocycles. The van der Waals surface area contributed by atoms with Gasteiger partial charge < -0.3 is 5.11 Å². The van der Waals surface area contributed by atoms with E-state index < -0.39 is 0 Å². The van der Waals surface area contributed by atoms with Crippen LogP contribution in [0.3, 0.4) is 0 Å². The zero-order valence-electron chi connectivity index (χ0n) is 7.16. The summed E-state index contributed by atoms with van der Waals surface area (Å²) in [7, 11) is 0. The van der Waals surface area contributed by atoms with Crippen LogP contribution in [-0.4, -0.2) is 14.5 Å². The third-order valence-electron chi connectivity index (χ3n) is 2.00. The molecule has 2 rings (SSSR count). The maximum atomic E-state index is 9.07. The number of imidazole rings is 1. The molecule has 0 atom stereocenters. The van der Waals surface area contributed by atoms with Crippen LogP contribution in [0.5, 0.6) is 0 Å². The Morgan fingerprint density at radius 1 is 1.62 bits per heavy atom. The molecule has 2 aromatic rings. The molecular formula is C9H9BrN2O. The summed E-state index contributed by atoms with van der Waals surface area (Å²) in [6.07, 6.45) is 1.92. The molecule has 0 fully saturated rings. The number of aliphatic hydroxyl groups excluding tert-OH is 1. The molecule has 1 N–H and O–H groups in total. The van der Waals surface area contributed by atoms with Crippen molar-refractivity contribution in [1.29, 1.82) is 0 Å². The van der Waals surface area contributed by atoms with Crippen LogP contribution in [0, 0.1) is 6.92 Å². The van der Waals surface area contributed by atoms with Gasteiger partial charge in [0.05, 0.1) is 12.3 Å². The first-order chi connectivity index (χ1) is 6.24. The Morgan fingerprint density at radius 2 is 2.38 bits per heavy atom. The molecule has 68 valence electrons. The highest BCUT2D eigenvalue weighted by Crippen LogP contribution is 2.20. The van der Waals surface area contributed by atoms with Crippen LogP contribution in [0.2, 0.25) is 0 Å². The third kappa shape index (κ3) is 1.26. The van der Waals surface area contributed by atoms with Gasteiger partial charge in [0.1, 0.15) is 10.3 Å². The first-order valence-electron chi connectivity index (χ1n) is 3.97. The molecule has 0 aliphatic rings. The number of aliphatic hydroxyl groups is 1. The van der Waals surface area contributed by atoms with E-state index in [9.17, 15) is 0 Å². The topological polar surface area (TPSA) is 37.5 Å². The number of hydrogen-bond acceptors (Lipinski definition) is 2. The fourth-order valence-corrected chi connectivity index (χ4v) is 1.71. The van der Waals surface area contributed by atoms with Gasteiger partial charge in [-0.15, -0.1) is 0 Å². The Kier molecular flexibility index (Phi) is 2.09. The second-order valence-corrected chi connectivity index (χ2v) is 3.62. The molecule has 0 saturated heterocycles. The highest BCUT2D eigenvalue weighted by molar-refractivity contribution is 9.10. The number of pyridine rings is 1. The average molecular weight is 241 g/mol. The highest BCUT2D eigenvalue weighted by Gasteiger charge is 2.07. The van der Waals surface area contributed by atoms with Crippen molar-refractivity contribution in [2.24, 2.45) is 0 Å². The van der Waals surface area contributed by atoms with Crippen molar-refractivity contribution in [1.82, 2.24) is 9.38 Å². The minimum atomic E-state index is 0.0211. The Bertz CT molecular complexity index is 450. The molecule has 0 spiro atoms. The van der Waals surface area contributed by atoms with Crippen molar-refractivity contribution in [3.63, 3.8) is 0 Å². The van der Waals surface area contributed by atoms with Gasteiger partial charge >= 0.3 is 0 Å². The number of nitrogens with zero attached hydrogens (tertiary/aromatic N) is 2. The number of fused-ring (bicyclic) bond motifs is 1. The number of halogens is 1. The molecule has 13 heavy (non-hydrogen) atoms. The Labute approximate surface area is 84.2 Å². The van der Waals surface area contributed by atoms with Crippen LogP contribution in [0.25, 0.3) is 5.65 Å². The molecule has 0 bridgehead atoms. The van der Waals surface area contributed by atoms with Gasteiger partial charge in [-0.1, -0.05) is 6.07 Å². The zero-order chi connectivity index (χ0) is 9.42. The summed E-state index contributed by atoms with van der Waals surface area (Å²) >= 11 is 3.43. The molecule has 0 saturated carbocycles. The Hall–Kier alpha value is -0.870. The van der Waals surface area contributed by atoms with Crippen molar-refractivity contribution in [2.45, 2.75) is 13.5 Å². The van der Waals surface area contributed by atoms with E-state index >= 15 is 0 Å². The lowest BCUT2D eigenvalue weighted by atomic mass is 10.3. The van der Waals surface area contributed by atoms with Crippen molar-refractivity contribution < 1.29 is 5.11 Å². The number of aromatic nitrogens is 2. The highest BCUT2D eigenvalue weighted by atomic mass is 79.9. The summed E-state index contributed by atoms with van der Waals surface area (Å²) in [6, 6.07) is 3.76. The summed E-state index contributed by atoms with van der Waals surface area (Å²) in [5.74, 6) is 0. The molecule has 0 aliphatic heterocycles. The zero-order valence-corrected chi connectivity index (χ0v) is 8.74. The van der Waals surface area contributed by atoms with Gasteiger partial charge in [-0.2, -0.15) is 0 Å². The standard InChI is InChI=1S/C9H9BrN2O/c1-6-8(10)12-4-2-3-7(5-13)9(12)11-6/h2-4,13H,5H2,1H3. The number of aryl methyl sites for hydroxylation is 1. The second kappa shape index (κ2) is 3.12. The SMILES string of the molecule is Cc1nc2c(CO)cccn2c1Br. The van der Waals surface area contributed by atoms with Gasteiger partial charge in [-0.05, 0) is 28.9 Å². The minimum absolute atomic E-state index is 0.0211. The lowest BCUT2D eigenvalue weighted by Crippen LogP contribution is -1.91. The molecule has 2 heterocycles. The fourth-order valence-electron chi connectivity index (χ4n) is 1.33. The Balaban J connectivity index is 2.84. The molecule has 0 amide bonds. The summed E-state index contributed by atoms with van der Waals surface area (Å²) in [6.45, 7) is 1.95. The molecule has 0 unspecified atom stereocenters. The monoisotopic (exact) mass is 240 g/mol. The summed E-state index contributed by atoms with van der Waals surface area (Å²) < 4.78 is 2.86. The quantitative estimate of drug-likeness (QED) is 0.827. The van der Waals surface area contributed by atoms with E-state index in [1.165, 1.54) is 0 Å². The molecular weight excluding hydrogens is 232 g/mol. The van der Waals surface area contributed by atoms with Gasteiger partial charge in [0.25, 0.3) is 0 Å². The van der Waals surface area contributed by atoms with Crippen molar-refractivity contribution in [3.05, 3.63) is 34.2 Å². The van der Waals surface area contributed by atoms with E-state index in [1.807, 2.05) is 29.7 Å². The normalized spacial score (nSPS) is 11.0. The van der Waals surface area contributed by atoms with E-state index in [0.29, 0.717) is 0 Å². The summed E-state index contributed by atoms with van der Waals surface area (Å²) in [5, 5.41) is 9.07. The number of hydrogen-bond donors (Lipinski definition) is 1. The van der Waals surface area contributed by atoms with E-state index in [4.69, 9.17) is 5.11 Å². The van der Waals surface area contributed by atoms with Crippen molar-refractivity contribution in [2.75, 3.05) is 0 Å². The summed E-state index contributed by atoms with van der Waals surface area (Å²) in [5.41, 5.74) is 2.59. The van der Waals surface area contributed by atoms with Crippen LogP contribution in [0.4, 0.5) is 0 Å². The average Bonchev–Trinajstić information content (AvgIpc) is 2.43. The van der Waals surface area contributed by atoms with E-state index in [1.54, 1.807) is 0 Å². The van der Waals surface area contributed by atoms with E-state index in [0.717, 1.165) is 21.5 Å². The largest absolute Gasteiger partial charge is 0.392 e. The predicted molar refractivity (Wildman–Crippen MR) is 53.6 cm³/mol. The smallest absolute Gasteiger partial charge is 0.143 e. The van der Waals surface area contributed by atoms with Crippen LogP contribution < -0.4 is 0 Å². The molecule has 3 nitrogen and oxygen atoms in total. The maximum Gasteiger partial charge on any atom is 0.143 e. The van der Waals surface area contributed by atoms with Gasteiger partial charge in [0, 0.05) is 11.8 Å². The fraction of sp³-hybridized carbons (Fsp3) is 0.222. The summed E-state index contributed by atoms with van der Waals surface area (Å²) in [4.78, 5) is 4.34. The predicted octanol–water partition coefficient (Wildman–Crippen LogP) is 1.90. The van der Waals surface area contributed by atoms with Gasteiger partial charge in [-0.3, -0.25) is 4.40 Å². The van der Waals surface area contributed by atoms with Gasteiger partial charge in [-0.25, -0.2) is 4.98 Å². The first kappa shape index (κ1) is 8.72. The lowest BCUT2D eigenvalue weighted by molar-refractivity contribution is 0.282. The van der Waals surface area contributed by atoms with Crippen LogP contribution in [0.15, 0.2) is 22.9 Å². The molecule has 4 heteroatoms. The third-order valence-corrected chi connectivity index (χ3v) is 2.96. The maximum absolute atomic E-state index is 9.07. The molecule has 0 aliphatic carbocycles. The van der Waals surface area contributed by atoms with E-state index in [2.05, 4.69) is 20.9 Å². The van der Waals surface area contributed by atoms with Crippen molar-refractivity contribution in [3.8, 4) is 0 Å². The lowest BCUT2D eigenvalue weighted by Gasteiger charge is -1.98. The van der Waals surface area contributed by atoms with Crippen LogP contribution >= 0.6 is 15.9 Å². The van der Waals surface area contributed by atoms with Gasteiger partial charge in [0.15, 0.2) is 0 Å². The Morgan fingerprint density at radius 3 is 3.08 bits per heavy atom. The molecule has 0 aromatic carbocycles. The van der Waals surface area contributed by atoms with E-state index in [-0.39, 0.29) is 6.61 Å². The van der Waals surface area contributed by atoms with Crippen LogP contribution in [0.1, 0.15) is 11.3 Å². The van der Waals surface area contributed by atoms with Gasteiger partial charge in [0.2, 0.25) is 0 Å². The number of rotatable bonds is 1. The second-order valence-electron chi connectivity index (χ2n) is 2.87. The van der Waals surface area contributed by atoms with Crippen molar-refractivity contribution >= 4 is 21.6 Å². The van der Waals surface area contributed by atoms with Crippen LogP contribution in [-0.2, 0) is 6.61 Å². The first-order valence-corrected chi connectivity index (χ1v) is 4.76. The minimum Gasteiger partial charge on any atom is -0.392 e.